The van der Waals surface area contributed by atoms with Crippen molar-refractivity contribution in [2.24, 2.45) is 0 Å². The van der Waals surface area contributed by atoms with E-state index in [9.17, 15) is 0 Å². The Kier molecular flexibility index (Phi) is 5.09. The lowest BCUT2D eigenvalue weighted by atomic mass is 10.5. The normalized spacial score (nSPS) is 10.7. The Hall–Kier alpha value is -1.21. The van der Waals surface area contributed by atoms with Gasteiger partial charge in [0.25, 0.3) is 0 Å². The van der Waals surface area contributed by atoms with E-state index < -0.39 is 0 Å². The Balaban J connectivity index is 1.92. The van der Waals surface area contributed by atoms with E-state index in [1.54, 1.807) is 22.7 Å². The van der Waals surface area contributed by atoms with E-state index in [1.807, 2.05) is 6.20 Å². The molecule has 2 rings (SSSR count). The number of thiazole rings is 1. The quantitative estimate of drug-likeness (QED) is 0.851. The van der Waals surface area contributed by atoms with Crippen molar-refractivity contribution in [1.82, 2.24) is 15.2 Å². The molecular formula is C12H19N5S2. The molecule has 0 aliphatic heterocycles. The van der Waals surface area contributed by atoms with Gasteiger partial charge in [0, 0.05) is 24.2 Å². The van der Waals surface area contributed by atoms with Gasteiger partial charge in [-0.05, 0) is 20.3 Å². The Morgan fingerprint density at radius 1 is 1.16 bits per heavy atom. The molecule has 0 amide bonds. The molecule has 5 nitrogen and oxygen atoms in total. The van der Waals surface area contributed by atoms with Crippen LogP contribution in [0.5, 0.6) is 0 Å². The smallest absolute Gasteiger partial charge is 0.205 e. The van der Waals surface area contributed by atoms with Crippen molar-refractivity contribution in [2.75, 3.05) is 23.3 Å². The summed E-state index contributed by atoms with van der Waals surface area (Å²) in [6.07, 6.45) is 2.87. The molecule has 0 saturated carbocycles. The largest absolute Gasteiger partial charge is 0.355 e. The molecule has 7 heteroatoms. The van der Waals surface area contributed by atoms with Crippen molar-refractivity contribution in [3.8, 4) is 0 Å². The van der Waals surface area contributed by atoms with Gasteiger partial charge in [0.05, 0.1) is 6.54 Å². The standard InChI is InChI=1S/C12H19N5S2/c1-4-10-15-16-11(19-10)13-7-9-8-14-12(18-9)17(5-2)6-3/h8H,4-7H2,1-3H3,(H,13,16). The summed E-state index contributed by atoms with van der Waals surface area (Å²) in [5.41, 5.74) is 0. The summed E-state index contributed by atoms with van der Waals surface area (Å²) in [5.74, 6) is 0. The van der Waals surface area contributed by atoms with E-state index in [2.05, 4.69) is 46.2 Å². The zero-order valence-electron chi connectivity index (χ0n) is 11.5. The summed E-state index contributed by atoms with van der Waals surface area (Å²) in [7, 11) is 0. The predicted octanol–water partition coefficient (Wildman–Crippen LogP) is 3.02. The zero-order valence-corrected chi connectivity index (χ0v) is 13.1. The molecule has 0 spiro atoms. The molecule has 0 radical (unpaired) electrons. The Labute approximate surface area is 121 Å². The Bertz CT molecular complexity index is 504. The van der Waals surface area contributed by atoms with E-state index in [1.165, 1.54) is 4.88 Å². The third-order valence-corrected chi connectivity index (χ3v) is 4.84. The maximum absolute atomic E-state index is 4.46. The fraction of sp³-hybridized carbons (Fsp3) is 0.583. The highest BCUT2D eigenvalue weighted by molar-refractivity contribution is 7.16. The monoisotopic (exact) mass is 297 g/mol. The molecule has 104 valence electrons. The van der Waals surface area contributed by atoms with Gasteiger partial charge in [-0.3, -0.25) is 0 Å². The van der Waals surface area contributed by atoms with E-state index in [0.29, 0.717) is 0 Å². The summed E-state index contributed by atoms with van der Waals surface area (Å²) in [6.45, 7) is 9.13. The lowest BCUT2D eigenvalue weighted by Gasteiger charge is -2.16. The average molecular weight is 297 g/mol. The van der Waals surface area contributed by atoms with Crippen molar-refractivity contribution >= 4 is 32.9 Å². The fourth-order valence-electron chi connectivity index (χ4n) is 1.65. The second-order valence-electron chi connectivity index (χ2n) is 3.99. The van der Waals surface area contributed by atoms with Gasteiger partial charge >= 0.3 is 0 Å². The van der Waals surface area contributed by atoms with Crippen molar-refractivity contribution in [2.45, 2.75) is 33.7 Å². The molecule has 0 fully saturated rings. The van der Waals surface area contributed by atoms with E-state index in [4.69, 9.17) is 0 Å². The van der Waals surface area contributed by atoms with Crippen LogP contribution in [-0.2, 0) is 13.0 Å². The van der Waals surface area contributed by atoms with Gasteiger partial charge < -0.3 is 10.2 Å². The van der Waals surface area contributed by atoms with E-state index >= 15 is 0 Å². The molecule has 0 aliphatic carbocycles. The van der Waals surface area contributed by atoms with Crippen molar-refractivity contribution < 1.29 is 0 Å². The number of aromatic nitrogens is 3. The summed E-state index contributed by atoms with van der Waals surface area (Å²) in [6, 6.07) is 0. The molecular weight excluding hydrogens is 278 g/mol. The van der Waals surface area contributed by atoms with Crippen LogP contribution >= 0.6 is 22.7 Å². The van der Waals surface area contributed by atoms with Gasteiger partial charge in [0.15, 0.2) is 5.13 Å². The maximum atomic E-state index is 4.46. The molecule has 0 saturated heterocycles. The number of anilines is 2. The summed E-state index contributed by atoms with van der Waals surface area (Å²) >= 11 is 3.35. The SMILES string of the molecule is CCc1nnc(NCc2cnc(N(CC)CC)s2)s1. The van der Waals surface area contributed by atoms with Gasteiger partial charge in [-0.2, -0.15) is 0 Å². The van der Waals surface area contributed by atoms with Crippen LogP contribution in [-0.4, -0.2) is 28.3 Å². The summed E-state index contributed by atoms with van der Waals surface area (Å²) < 4.78 is 0. The van der Waals surface area contributed by atoms with Gasteiger partial charge in [-0.1, -0.05) is 18.3 Å². The van der Waals surface area contributed by atoms with Gasteiger partial charge in [0.1, 0.15) is 5.01 Å². The first-order valence-electron chi connectivity index (χ1n) is 6.52. The second-order valence-corrected chi connectivity index (χ2v) is 6.15. The van der Waals surface area contributed by atoms with Gasteiger partial charge in [0.2, 0.25) is 5.13 Å². The zero-order chi connectivity index (χ0) is 13.7. The van der Waals surface area contributed by atoms with Crippen molar-refractivity contribution in [3.63, 3.8) is 0 Å². The third kappa shape index (κ3) is 3.63. The number of nitrogens with one attached hydrogen (secondary N) is 1. The summed E-state index contributed by atoms with van der Waals surface area (Å²) in [5, 5.41) is 14.5. The molecule has 19 heavy (non-hydrogen) atoms. The van der Waals surface area contributed by atoms with Gasteiger partial charge in [-0.15, -0.1) is 21.5 Å². The highest BCUT2D eigenvalue weighted by atomic mass is 32.1. The van der Waals surface area contributed by atoms with E-state index in [-0.39, 0.29) is 0 Å². The molecule has 0 aromatic carbocycles. The van der Waals surface area contributed by atoms with Crippen molar-refractivity contribution in [1.29, 1.82) is 0 Å². The highest BCUT2D eigenvalue weighted by Crippen LogP contribution is 2.23. The van der Waals surface area contributed by atoms with Crippen LogP contribution in [0.15, 0.2) is 6.20 Å². The van der Waals surface area contributed by atoms with Crippen LogP contribution in [0.2, 0.25) is 0 Å². The lowest BCUT2D eigenvalue weighted by molar-refractivity contribution is 0.860. The average Bonchev–Trinajstić information content (AvgIpc) is 3.06. The molecule has 1 N–H and O–H groups in total. The number of hydrogen-bond donors (Lipinski definition) is 1. The molecule has 2 aromatic heterocycles. The maximum Gasteiger partial charge on any atom is 0.205 e. The van der Waals surface area contributed by atoms with Crippen LogP contribution < -0.4 is 10.2 Å². The molecule has 0 aliphatic rings. The van der Waals surface area contributed by atoms with E-state index in [0.717, 1.165) is 41.3 Å². The van der Waals surface area contributed by atoms with Crippen LogP contribution in [0.25, 0.3) is 0 Å². The minimum atomic E-state index is 0.761. The first-order chi connectivity index (χ1) is 9.26. The highest BCUT2D eigenvalue weighted by Gasteiger charge is 2.08. The fourth-order valence-corrected chi connectivity index (χ4v) is 3.30. The van der Waals surface area contributed by atoms with Crippen molar-refractivity contribution in [3.05, 3.63) is 16.1 Å². The number of aryl methyl sites for hydroxylation is 1. The molecule has 0 unspecified atom stereocenters. The van der Waals surface area contributed by atoms with Crippen LogP contribution in [0.1, 0.15) is 30.7 Å². The molecule has 0 bridgehead atoms. The second kappa shape index (κ2) is 6.81. The van der Waals surface area contributed by atoms with Crippen LogP contribution in [0.3, 0.4) is 0 Å². The van der Waals surface area contributed by atoms with Gasteiger partial charge in [-0.25, -0.2) is 4.98 Å². The molecule has 0 atom stereocenters. The first-order valence-corrected chi connectivity index (χ1v) is 8.16. The molecule has 2 aromatic rings. The predicted molar refractivity (Wildman–Crippen MR) is 82.3 cm³/mol. The summed E-state index contributed by atoms with van der Waals surface area (Å²) in [4.78, 5) is 7.94. The minimum absolute atomic E-state index is 0.761. The number of nitrogens with zero attached hydrogens (tertiary/aromatic N) is 4. The topological polar surface area (TPSA) is 53.9 Å². The number of hydrogen-bond acceptors (Lipinski definition) is 7. The van der Waals surface area contributed by atoms with Crippen LogP contribution in [0, 0.1) is 0 Å². The third-order valence-electron chi connectivity index (χ3n) is 2.76. The Morgan fingerprint density at radius 3 is 2.58 bits per heavy atom. The van der Waals surface area contributed by atoms with Crippen LogP contribution in [0.4, 0.5) is 10.3 Å². The lowest BCUT2D eigenvalue weighted by Crippen LogP contribution is -2.21. The molecule has 2 heterocycles. The minimum Gasteiger partial charge on any atom is -0.355 e. The first kappa shape index (κ1) is 14.2. The Morgan fingerprint density at radius 2 is 1.95 bits per heavy atom. The number of rotatable bonds is 7.